The largest absolute Gasteiger partial charge is 0.450 e. The Hall–Kier alpha value is -1.70. The minimum absolute atomic E-state index is 0.125. The van der Waals surface area contributed by atoms with E-state index in [1.807, 2.05) is 5.32 Å². The molecule has 0 spiro atoms. The van der Waals surface area contributed by atoms with Crippen LogP contribution in [-0.4, -0.2) is 24.4 Å². The number of thioether (sulfide) groups is 1. The molecule has 0 aromatic heterocycles. The van der Waals surface area contributed by atoms with Gasteiger partial charge in [-0.05, 0) is 25.1 Å². The molecule has 110 valence electrons. The maximum Gasteiger partial charge on any atom is 0.416 e. The Morgan fingerprint density at radius 3 is 2.65 bits per heavy atom. The van der Waals surface area contributed by atoms with Gasteiger partial charge in [0.1, 0.15) is 0 Å². The Kier molecular flexibility index (Phi) is 5.87. The maximum atomic E-state index is 12.5. The van der Waals surface area contributed by atoms with E-state index in [9.17, 15) is 22.8 Å². The fourth-order valence-electron chi connectivity index (χ4n) is 1.23. The van der Waals surface area contributed by atoms with Crippen molar-refractivity contribution in [1.82, 2.24) is 5.32 Å². The molecule has 0 fully saturated rings. The summed E-state index contributed by atoms with van der Waals surface area (Å²) < 4.78 is 41.9. The van der Waals surface area contributed by atoms with E-state index in [0.717, 1.165) is 23.9 Å². The molecule has 1 aromatic rings. The third-order valence-electron chi connectivity index (χ3n) is 2.05. The van der Waals surface area contributed by atoms with Crippen molar-refractivity contribution in [3.05, 3.63) is 29.8 Å². The first-order chi connectivity index (χ1) is 9.32. The van der Waals surface area contributed by atoms with Gasteiger partial charge in [0.2, 0.25) is 5.91 Å². The first-order valence-electron chi connectivity index (χ1n) is 5.59. The zero-order valence-electron chi connectivity index (χ0n) is 10.5. The summed E-state index contributed by atoms with van der Waals surface area (Å²) in [6.45, 7) is 1.71. The molecule has 0 unspecified atom stereocenters. The number of hydrogen-bond acceptors (Lipinski definition) is 4. The van der Waals surface area contributed by atoms with Gasteiger partial charge in [0.25, 0.3) is 0 Å². The Balaban J connectivity index is 2.54. The van der Waals surface area contributed by atoms with E-state index in [1.165, 1.54) is 12.1 Å². The summed E-state index contributed by atoms with van der Waals surface area (Å²) in [5.74, 6) is -0.814. The molecule has 20 heavy (non-hydrogen) atoms. The molecule has 1 N–H and O–H groups in total. The molecule has 8 heteroatoms. The van der Waals surface area contributed by atoms with E-state index in [-0.39, 0.29) is 12.4 Å². The van der Waals surface area contributed by atoms with Crippen LogP contribution in [0.25, 0.3) is 0 Å². The minimum Gasteiger partial charge on any atom is -0.450 e. The Labute approximate surface area is 117 Å². The molecular weight excluding hydrogens is 295 g/mol. The van der Waals surface area contributed by atoms with E-state index in [2.05, 4.69) is 4.74 Å². The number of benzene rings is 1. The molecule has 1 rings (SSSR count). The van der Waals surface area contributed by atoms with Crippen LogP contribution in [0.5, 0.6) is 0 Å². The van der Waals surface area contributed by atoms with Gasteiger partial charge in [-0.2, -0.15) is 13.2 Å². The minimum atomic E-state index is -4.43. The van der Waals surface area contributed by atoms with Gasteiger partial charge in [-0.25, -0.2) is 4.79 Å². The normalized spacial score (nSPS) is 11.0. The van der Waals surface area contributed by atoms with Crippen LogP contribution in [0.15, 0.2) is 29.2 Å². The molecule has 0 atom stereocenters. The van der Waals surface area contributed by atoms with Crippen molar-refractivity contribution in [3.8, 4) is 0 Å². The van der Waals surface area contributed by atoms with Crippen molar-refractivity contribution < 1.29 is 27.5 Å². The van der Waals surface area contributed by atoms with E-state index < -0.39 is 23.7 Å². The highest BCUT2D eigenvalue weighted by Crippen LogP contribution is 2.31. The zero-order chi connectivity index (χ0) is 15.2. The van der Waals surface area contributed by atoms with Crippen LogP contribution in [0.3, 0.4) is 0 Å². The van der Waals surface area contributed by atoms with E-state index in [4.69, 9.17) is 0 Å². The summed E-state index contributed by atoms with van der Waals surface area (Å²) in [4.78, 5) is 22.6. The topological polar surface area (TPSA) is 55.4 Å². The van der Waals surface area contributed by atoms with Gasteiger partial charge in [-0.1, -0.05) is 6.07 Å². The summed E-state index contributed by atoms with van der Waals surface area (Å²) in [7, 11) is 0. The van der Waals surface area contributed by atoms with Gasteiger partial charge >= 0.3 is 12.3 Å². The first kappa shape index (κ1) is 16.4. The van der Waals surface area contributed by atoms with Crippen molar-refractivity contribution in [2.24, 2.45) is 0 Å². The van der Waals surface area contributed by atoms with Crippen LogP contribution in [0.4, 0.5) is 18.0 Å². The predicted octanol–water partition coefficient (Wildman–Crippen LogP) is 3.07. The lowest BCUT2D eigenvalue weighted by Crippen LogP contribution is -2.32. The number of ether oxygens (including phenoxy) is 1. The standard InChI is InChI=1S/C12H12F3NO3S/c1-2-19-11(18)16-10(17)7-20-9-5-3-4-8(6-9)12(13,14)15/h3-6H,2,7H2,1H3,(H,16,17,18). The van der Waals surface area contributed by atoms with Crippen LogP contribution in [0, 0.1) is 0 Å². The first-order valence-corrected chi connectivity index (χ1v) is 6.58. The maximum absolute atomic E-state index is 12.5. The molecule has 0 saturated heterocycles. The summed E-state index contributed by atoms with van der Waals surface area (Å²) >= 11 is 0.899. The van der Waals surface area contributed by atoms with Crippen molar-refractivity contribution in [3.63, 3.8) is 0 Å². The third kappa shape index (κ3) is 5.52. The molecule has 0 bridgehead atoms. The lowest BCUT2D eigenvalue weighted by Gasteiger charge is -2.08. The lowest BCUT2D eigenvalue weighted by molar-refractivity contribution is -0.137. The van der Waals surface area contributed by atoms with Gasteiger partial charge in [-0.3, -0.25) is 10.1 Å². The second-order valence-electron chi connectivity index (χ2n) is 3.58. The van der Waals surface area contributed by atoms with E-state index in [1.54, 1.807) is 6.92 Å². The number of halogens is 3. The van der Waals surface area contributed by atoms with Gasteiger partial charge < -0.3 is 4.74 Å². The van der Waals surface area contributed by atoms with E-state index in [0.29, 0.717) is 4.90 Å². The Bertz CT molecular complexity index is 491. The van der Waals surface area contributed by atoms with Crippen LogP contribution in [-0.2, 0) is 15.7 Å². The van der Waals surface area contributed by atoms with Crippen LogP contribution < -0.4 is 5.32 Å². The van der Waals surface area contributed by atoms with Crippen LogP contribution in [0.2, 0.25) is 0 Å². The highest BCUT2D eigenvalue weighted by Gasteiger charge is 2.30. The van der Waals surface area contributed by atoms with Crippen molar-refractivity contribution in [1.29, 1.82) is 0 Å². The molecule has 4 nitrogen and oxygen atoms in total. The molecule has 0 aliphatic heterocycles. The second-order valence-corrected chi connectivity index (χ2v) is 4.63. The summed E-state index contributed by atoms with van der Waals surface area (Å²) in [6.07, 6.45) is -5.30. The average molecular weight is 307 g/mol. The lowest BCUT2D eigenvalue weighted by atomic mass is 10.2. The summed E-state index contributed by atoms with van der Waals surface area (Å²) in [6, 6.07) is 4.61. The molecule has 0 saturated carbocycles. The monoisotopic (exact) mass is 307 g/mol. The zero-order valence-corrected chi connectivity index (χ0v) is 11.3. The number of carbonyl (C=O) groups excluding carboxylic acids is 2. The van der Waals surface area contributed by atoms with Crippen molar-refractivity contribution in [2.75, 3.05) is 12.4 Å². The number of alkyl halides is 3. The molecule has 1 aromatic carbocycles. The summed E-state index contributed by atoms with van der Waals surface area (Å²) in [5, 5.41) is 1.95. The smallest absolute Gasteiger partial charge is 0.416 e. The SMILES string of the molecule is CCOC(=O)NC(=O)CSc1cccc(C(F)(F)F)c1. The molecular formula is C12H12F3NO3S. The van der Waals surface area contributed by atoms with Gasteiger partial charge in [0, 0.05) is 4.90 Å². The number of imide groups is 1. The van der Waals surface area contributed by atoms with Gasteiger partial charge in [0.15, 0.2) is 0 Å². The molecule has 0 heterocycles. The molecule has 2 amide bonds. The van der Waals surface area contributed by atoms with Crippen LogP contribution >= 0.6 is 11.8 Å². The Morgan fingerprint density at radius 1 is 1.35 bits per heavy atom. The quantitative estimate of drug-likeness (QED) is 0.869. The molecule has 0 aliphatic rings. The highest BCUT2D eigenvalue weighted by molar-refractivity contribution is 8.00. The van der Waals surface area contributed by atoms with E-state index >= 15 is 0 Å². The van der Waals surface area contributed by atoms with Crippen LogP contribution in [0.1, 0.15) is 12.5 Å². The van der Waals surface area contributed by atoms with Crippen molar-refractivity contribution >= 4 is 23.8 Å². The predicted molar refractivity (Wildman–Crippen MR) is 67.3 cm³/mol. The number of carbonyl (C=O) groups is 2. The van der Waals surface area contributed by atoms with Gasteiger partial charge in [-0.15, -0.1) is 11.8 Å². The highest BCUT2D eigenvalue weighted by atomic mass is 32.2. The second kappa shape index (κ2) is 7.18. The number of alkyl carbamates (subject to hydrolysis) is 1. The average Bonchev–Trinajstić information content (AvgIpc) is 2.36. The number of rotatable bonds is 4. The Morgan fingerprint density at radius 2 is 2.05 bits per heavy atom. The fourth-order valence-corrected chi connectivity index (χ4v) is 1.98. The molecule has 0 radical (unpaired) electrons. The van der Waals surface area contributed by atoms with Crippen molar-refractivity contribution in [2.45, 2.75) is 18.0 Å². The van der Waals surface area contributed by atoms with Gasteiger partial charge in [0.05, 0.1) is 17.9 Å². The number of hydrogen-bond donors (Lipinski definition) is 1. The number of amides is 2. The third-order valence-corrected chi connectivity index (χ3v) is 3.04. The fraction of sp³-hybridized carbons (Fsp3) is 0.333. The summed E-state index contributed by atoms with van der Waals surface area (Å²) in [5.41, 5.74) is -0.784. The molecule has 0 aliphatic carbocycles. The number of nitrogens with one attached hydrogen (secondary N) is 1.